The highest BCUT2D eigenvalue weighted by molar-refractivity contribution is 6.39. The van der Waals surface area contributed by atoms with Crippen LogP contribution in [0.2, 0.25) is 5.02 Å². The molecule has 2 amide bonds. The SMILES string of the molecule is NC(N)=N[C@H]1CCCCC[C@@H]1NC(=O)C(=O)Nc1ccc(Cl)c(F)c1. The van der Waals surface area contributed by atoms with Crippen LogP contribution < -0.4 is 22.1 Å². The summed E-state index contributed by atoms with van der Waals surface area (Å²) in [7, 11) is 0. The minimum Gasteiger partial charge on any atom is -0.370 e. The molecule has 0 bridgehead atoms. The molecule has 0 heterocycles. The van der Waals surface area contributed by atoms with E-state index >= 15 is 0 Å². The van der Waals surface area contributed by atoms with Gasteiger partial charge in [-0.1, -0.05) is 30.9 Å². The molecule has 9 heteroatoms. The summed E-state index contributed by atoms with van der Waals surface area (Å²) in [5, 5.41) is 4.94. The molecule has 2 atom stereocenters. The molecule has 1 aromatic carbocycles. The lowest BCUT2D eigenvalue weighted by Gasteiger charge is -2.23. The minimum absolute atomic E-state index is 0.0489. The number of hydrogen-bond donors (Lipinski definition) is 4. The van der Waals surface area contributed by atoms with E-state index in [-0.39, 0.29) is 28.8 Å². The molecule has 0 radical (unpaired) electrons. The Morgan fingerprint density at radius 3 is 2.56 bits per heavy atom. The molecule has 0 aromatic heterocycles. The summed E-state index contributed by atoms with van der Waals surface area (Å²) in [6.07, 6.45) is 4.28. The van der Waals surface area contributed by atoms with Crippen molar-refractivity contribution >= 4 is 35.1 Å². The molecular formula is C16H21ClFN5O2. The normalized spacial score (nSPS) is 20.2. The van der Waals surface area contributed by atoms with Crippen LogP contribution in [0.5, 0.6) is 0 Å². The van der Waals surface area contributed by atoms with Crippen LogP contribution in [0.25, 0.3) is 0 Å². The first-order chi connectivity index (χ1) is 11.9. The number of benzene rings is 1. The van der Waals surface area contributed by atoms with Crippen molar-refractivity contribution in [2.45, 2.75) is 44.2 Å². The monoisotopic (exact) mass is 369 g/mol. The first kappa shape index (κ1) is 19.0. The number of guanidine groups is 1. The molecule has 25 heavy (non-hydrogen) atoms. The van der Waals surface area contributed by atoms with Gasteiger partial charge in [-0.25, -0.2) is 9.38 Å². The molecule has 0 unspecified atom stereocenters. The summed E-state index contributed by atoms with van der Waals surface area (Å²) >= 11 is 5.58. The third-order valence-electron chi connectivity index (χ3n) is 3.99. The summed E-state index contributed by atoms with van der Waals surface area (Å²) in [4.78, 5) is 28.3. The minimum atomic E-state index is -0.894. The number of halogens is 2. The quantitative estimate of drug-likeness (QED) is 0.279. The lowest BCUT2D eigenvalue weighted by molar-refractivity contribution is -0.136. The first-order valence-electron chi connectivity index (χ1n) is 8.02. The van der Waals surface area contributed by atoms with Crippen molar-refractivity contribution in [3.63, 3.8) is 0 Å². The number of anilines is 1. The second kappa shape index (κ2) is 8.66. The van der Waals surface area contributed by atoms with Gasteiger partial charge in [0.25, 0.3) is 0 Å². The van der Waals surface area contributed by atoms with Crippen molar-refractivity contribution in [1.82, 2.24) is 5.32 Å². The van der Waals surface area contributed by atoms with E-state index in [4.69, 9.17) is 23.1 Å². The molecular weight excluding hydrogens is 349 g/mol. The Balaban J connectivity index is 2.01. The zero-order valence-corrected chi connectivity index (χ0v) is 14.4. The number of carbonyl (C=O) groups excluding carboxylic acids is 2. The van der Waals surface area contributed by atoms with Gasteiger partial charge in [-0.05, 0) is 31.0 Å². The highest BCUT2D eigenvalue weighted by Crippen LogP contribution is 2.21. The van der Waals surface area contributed by atoms with Gasteiger partial charge < -0.3 is 22.1 Å². The number of rotatable bonds is 3. The van der Waals surface area contributed by atoms with E-state index in [9.17, 15) is 14.0 Å². The smallest absolute Gasteiger partial charge is 0.313 e. The van der Waals surface area contributed by atoms with E-state index < -0.39 is 17.6 Å². The van der Waals surface area contributed by atoms with Crippen LogP contribution >= 0.6 is 11.6 Å². The van der Waals surface area contributed by atoms with Gasteiger partial charge in [-0.2, -0.15) is 0 Å². The van der Waals surface area contributed by atoms with Gasteiger partial charge in [0, 0.05) is 5.69 Å². The number of nitrogens with one attached hydrogen (secondary N) is 2. The van der Waals surface area contributed by atoms with Gasteiger partial charge in [-0.15, -0.1) is 0 Å². The lowest BCUT2D eigenvalue weighted by Crippen LogP contribution is -2.47. The Kier molecular flexibility index (Phi) is 6.58. The van der Waals surface area contributed by atoms with Gasteiger partial charge in [0.05, 0.1) is 17.1 Å². The van der Waals surface area contributed by atoms with E-state index in [0.717, 1.165) is 31.7 Å². The van der Waals surface area contributed by atoms with Crippen molar-refractivity contribution in [2.75, 3.05) is 5.32 Å². The molecule has 0 aliphatic heterocycles. The van der Waals surface area contributed by atoms with Gasteiger partial charge in [0.1, 0.15) is 5.82 Å². The predicted molar refractivity (Wildman–Crippen MR) is 94.7 cm³/mol. The van der Waals surface area contributed by atoms with E-state index in [1.807, 2.05) is 0 Å². The number of nitrogens with two attached hydrogens (primary N) is 2. The maximum atomic E-state index is 13.4. The molecule has 1 fully saturated rings. The van der Waals surface area contributed by atoms with Crippen molar-refractivity contribution in [2.24, 2.45) is 16.5 Å². The van der Waals surface area contributed by atoms with Crippen LogP contribution in [0.15, 0.2) is 23.2 Å². The van der Waals surface area contributed by atoms with Crippen molar-refractivity contribution in [1.29, 1.82) is 0 Å². The van der Waals surface area contributed by atoms with Crippen LogP contribution in [0.1, 0.15) is 32.1 Å². The number of nitrogens with zero attached hydrogens (tertiary/aromatic N) is 1. The van der Waals surface area contributed by atoms with Gasteiger partial charge in [0.2, 0.25) is 0 Å². The number of hydrogen-bond acceptors (Lipinski definition) is 3. The van der Waals surface area contributed by atoms with Crippen LogP contribution in [-0.4, -0.2) is 29.9 Å². The summed E-state index contributed by atoms with van der Waals surface area (Å²) in [6, 6.07) is 3.15. The summed E-state index contributed by atoms with van der Waals surface area (Å²) in [6.45, 7) is 0. The lowest BCUT2D eigenvalue weighted by atomic mass is 10.0. The largest absolute Gasteiger partial charge is 0.370 e. The molecule has 0 spiro atoms. The Morgan fingerprint density at radius 2 is 1.88 bits per heavy atom. The van der Waals surface area contributed by atoms with E-state index in [1.54, 1.807) is 0 Å². The summed E-state index contributed by atoms with van der Waals surface area (Å²) in [5.41, 5.74) is 11.0. The standard InChI is InChI=1S/C16H21ClFN5O2/c17-10-7-6-9(8-11(10)18)21-14(24)15(25)22-12-4-2-1-3-5-13(12)23-16(19)20/h6-8,12-13H,1-5H2,(H,21,24)(H,22,25)(H4,19,20,23)/t12-,13-/m0/s1. The van der Waals surface area contributed by atoms with Gasteiger partial charge in [-0.3, -0.25) is 9.59 Å². The number of carbonyl (C=O) groups is 2. The molecule has 1 aliphatic rings. The average molecular weight is 370 g/mol. The van der Waals surface area contributed by atoms with Crippen molar-refractivity contribution in [3.05, 3.63) is 29.0 Å². The average Bonchev–Trinajstić information content (AvgIpc) is 2.76. The zero-order chi connectivity index (χ0) is 18.4. The van der Waals surface area contributed by atoms with Crippen molar-refractivity contribution in [3.8, 4) is 0 Å². The first-order valence-corrected chi connectivity index (χ1v) is 8.40. The second-order valence-electron chi connectivity index (χ2n) is 5.92. The van der Waals surface area contributed by atoms with Crippen molar-refractivity contribution < 1.29 is 14.0 Å². The second-order valence-corrected chi connectivity index (χ2v) is 6.33. The Labute approximate surface area is 150 Å². The summed E-state index contributed by atoms with van der Waals surface area (Å²) in [5.74, 6) is -2.45. The maximum Gasteiger partial charge on any atom is 0.313 e. The zero-order valence-electron chi connectivity index (χ0n) is 13.6. The highest BCUT2D eigenvalue weighted by atomic mass is 35.5. The van der Waals surface area contributed by atoms with Gasteiger partial charge in [0.15, 0.2) is 5.96 Å². The Morgan fingerprint density at radius 1 is 1.16 bits per heavy atom. The van der Waals surface area contributed by atoms with Crippen LogP contribution in [0.4, 0.5) is 10.1 Å². The predicted octanol–water partition coefficient (Wildman–Crippen LogP) is 1.51. The molecule has 1 saturated carbocycles. The fraction of sp³-hybridized carbons (Fsp3) is 0.438. The Bertz CT molecular complexity index is 678. The summed E-state index contributed by atoms with van der Waals surface area (Å²) < 4.78 is 13.4. The molecule has 2 rings (SSSR count). The number of aliphatic imine (C=N–C) groups is 1. The Hall–Kier alpha value is -2.35. The highest BCUT2D eigenvalue weighted by Gasteiger charge is 2.27. The van der Waals surface area contributed by atoms with Crippen LogP contribution in [0, 0.1) is 5.82 Å². The van der Waals surface area contributed by atoms with Crippen LogP contribution in [0.3, 0.4) is 0 Å². The molecule has 6 N–H and O–H groups in total. The van der Waals surface area contributed by atoms with Crippen LogP contribution in [-0.2, 0) is 9.59 Å². The molecule has 1 aliphatic carbocycles. The van der Waals surface area contributed by atoms with Gasteiger partial charge >= 0.3 is 11.8 Å². The maximum absolute atomic E-state index is 13.4. The molecule has 7 nitrogen and oxygen atoms in total. The number of amides is 2. The fourth-order valence-corrected chi connectivity index (χ4v) is 2.92. The van der Waals surface area contributed by atoms with E-state index in [2.05, 4.69) is 15.6 Å². The third-order valence-corrected chi connectivity index (χ3v) is 4.30. The topological polar surface area (TPSA) is 123 Å². The molecule has 0 saturated heterocycles. The molecule has 136 valence electrons. The van der Waals surface area contributed by atoms with E-state index in [1.165, 1.54) is 12.1 Å². The van der Waals surface area contributed by atoms with E-state index in [0.29, 0.717) is 6.42 Å². The third kappa shape index (κ3) is 5.60. The fourth-order valence-electron chi connectivity index (χ4n) is 2.80. The molecule has 1 aromatic rings.